The molecule has 152 valence electrons. The van der Waals surface area contributed by atoms with Crippen molar-refractivity contribution in [2.45, 2.75) is 58.3 Å². The van der Waals surface area contributed by atoms with E-state index in [1.165, 1.54) is 49.9 Å². The molecule has 5 nitrogen and oxygen atoms in total. The Morgan fingerprint density at radius 3 is 2.55 bits per heavy atom. The monoisotopic (exact) mass is 408 g/mol. The van der Waals surface area contributed by atoms with Crippen LogP contribution in [0, 0.1) is 0 Å². The third-order valence-electron chi connectivity index (χ3n) is 4.93. The van der Waals surface area contributed by atoms with Gasteiger partial charge in [-0.2, -0.15) is 0 Å². The second-order valence-electron chi connectivity index (χ2n) is 7.21. The first-order valence-electron chi connectivity index (χ1n) is 10.4. The molecule has 0 radical (unpaired) electrons. The van der Waals surface area contributed by atoms with E-state index in [0.29, 0.717) is 5.69 Å². The van der Waals surface area contributed by atoms with Crippen molar-refractivity contribution in [1.29, 1.82) is 0 Å². The Kier molecular flexibility index (Phi) is 7.87. The summed E-state index contributed by atoms with van der Waals surface area (Å²) in [6.45, 7) is 2.23. The minimum absolute atomic E-state index is 0.379. The van der Waals surface area contributed by atoms with Crippen LogP contribution in [0.1, 0.15) is 67.9 Å². The fraction of sp³-hybridized carbons (Fsp3) is 0.391. The van der Waals surface area contributed by atoms with Gasteiger partial charge in [0.25, 0.3) is 5.91 Å². The average molecular weight is 409 g/mol. The quantitative estimate of drug-likeness (QED) is 0.415. The summed E-state index contributed by atoms with van der Waals surface area (Å²) < 4.78 is 0. The molecule has 0 aromatic carbocycles. The number of primary amides is 1. The summed E-state index contributed by atoms with van der Waals surface area (Å²) in [6, 6.07) is 7.81. The lowest BCUT2D eigenvalue weighted by Gasteiger charge is -2.08. The summed E-state index contributed by atoms with van der Waals surface area (Å²) in [5.74, 6) is -0.471. The van der Waals surface area contributed by atoms with E-state index in [-0.39, 0.29) is 0 Å². The van der Waals surface area contributed by atoms with Crippen LogP contribution in [-0.2, 0) is 6.42 Å². The van der Waals surface area contributed by atoms with Gasteiger partial charge >= 0.3 is 0 Å². The Hall–Kier alpha value is -2.60. The Bertz CT molecular complexity index is 924. The van der Waals surface area contributed by atoms with Crippen LogP contribution in [0.5, 0.6) is 0 Å². The van der Waals surface area contributed by atoms with Crippen LogP contribution in [0.4, 0.5) is 0 Å². The number of pyridine rings is 2. The summed E-state index contributed by atoms with van der Waals surface area (Å²) in [5.41, 5.74) is 8.64. The molecule has 0 spiro atoms. The summed E-state index contributed by atoms with van der Waals surface area (Å²) in [6.07, 6.45) is 14.8. The van der Waals surface area contributed by atoms with Crippen molar-refractivity contribution in [1.82, 2.24) is 15.0 Å². The van der Waals surface area contributed by atoms with Crippen molar-refractivity contribution in [3.8, 4) is 21.1 Å². The van der Waals surface area contributed by atoms with Crippen LogP contribution < -0.4 is 5.73 Å². The molecule has 0 unspecified atom stereocenters. The molecule has 3 rings (SSSR count). The first-order chi connectivity index (χ1) is 14.2. The molecular formula is C23H28N4OS. The Morgan fingerprint density at radius 2 is 1.83 bits per heavy atom. The molecule has 1 amide bonds. The molecule has 2 N–H and O–H groups in total. The maximum absolute atomic E-state index is 12.0. The number of rotatable bonds is 11. The summed E-state index contributed by atoms with van der Waals surface area (Å²) in [5, 5.41) is 0.877. The molecule has 29 heavy (non-hydrogen) atoms. The van der Waals surface area contributed by atoms with E-state index in [9.17, 15) is 4.79 Å². The molecule has 0 saturated heterocycles. The maximum atomic E-state index is 12.0. The van der Waals surface area contributed by atoms with E-state index in [1.807, 2.05) is 24.3 Å². The molecule has 3 heterocycles. The highest BCUT2D eigenvalue weighted by Gasteiger charge is 2.14. The largest absolute Gasteiger partial charge is 0.364 e. The molecule has 0 bridgehead atoms. The zero-order valence-corrected chi connectivity index (χ0v) is 17.8. The van der Waals surface area contributed by atoms with E-state index in [0.717, 1.165) is 39.5 Å². The van der Waals surface area contributed by atoms with E-state index < -0.39 is 5.91 Å². The molecule has 3 aromatic rings. The van der Waals surface area contributed by atoms with Crippen molar-refractivity contribution < 1.29 is 4.79 Å². The van der Waals surface area contributed by atoms with Gasteiger partial charge in [-0.05, 0) is 36.6 Å². The standard InChI is InChI=1S/C23H28N4OS/c1-2-3-4-5-6-7-8-10-17-12-13-19(27-21(17)22(24)28)20-16-26-23(29-20)18-11-9-14-25-15-18/h9,11-16H,2-8,10H2,1H3,(H2,24,28). The Morgan fingerprint density at radius 1 is 1.03 bits per heavy atom. The van der Waals surface area contributed by atoms with Gasteiger partial charge in [0.05, 0.1) is 10.6 Å². The number of unbranched alkanes of at least 4 members (excludes halogenated alkanes) is 6. The summed E-state index contributed by atoms with van der Waals surface area (Å²) in [4.78, 5) is 26.1. The van der Waals surface area contributed by atoms with Gasteiger partial charge in [-0.25, -0.2) is 9.97 Å². The summed E-state index contributed by atoms with van der Waals surface area (Å²) in [7, 11) is 0. The van der Waals surface area contributed by atoms with Gasteiger partial charge in [-0.15, -0.1) is 11.3 Å². The first kappa shape index (κ1) is 21.1. The molecule has 0 aliphatic carbocycles. The van der Waals surface area contributed by atoms with Gasteiger partial charge in [0.2, 0.25) is 0 Å². The molecular weight excluding hydrogens is 380 g/mol. The van der Waals surface area contributed by atoms with Crippen LogP contribution in [0.2, 0.25) is 0 Å². The lowest BCUT2D eigenvalue weighted by Crippen LogP contribution is -2.16. The highest BCUT2D eigenvalue weighted by atomic mass is 32.1. The minimum Gasteiger partial charge on any atom is -0.364 e. The van der Waals surface area contributed by atoms with E-state index in [1.54, 1.807) is 18.6 Å². The zero-order chi connectivity index (χ0) is 20.5. The number of aryl methyl sites for hydroxylation is 1. The fourth-order valence-corrected chi connectivity index (χ4v) is 4.20. The highest BCUT2D eigenvalue weighted by Crippen LogP contribution is 2.31. The topological polar surface area (TPSA) is 81.8 Å². The van der Waals surface area contributed by atoms with Crippen LogP contribution >= 0.6 is 11.3 Å². The Labute approximate surface area is 176 Å². The third kappa shape index (κ3) is 5.94. The number of carbonyl (C=O) groups is 1. The zero-order valence-electron chi connectivity index (χ0n) is 16.9. The molecule has 0 fully saturated rings. The van der Waals surface area contributed by atoms with Gasteiger partial charge < -0.3 is 5.73 Å². The number of hydrogen-bond acceptors (Lipinski definition) is 5. The lowest BCUT2D eigenvalue weighted by atomic mass is 10.0. The van der Waals surface area contributed by atoms with Gasteiger partial charge in [-0.3, -0.25) is 9.78 Å². The van der Waals surface area contributed by atoms with Gasteiger partial charge in [-0.1, -0.05) is 51.5 Å². The van der Waals surface area contributed by atoms with Crippen LogP contribution in [0.25, 0.3) is 21.1 Å². The third-order valence-corrected chi connectivity index (χ3v) is 6.00. The average Bonchev–Trinajstić information content (AvgIpc) is 3.24. The van der Waals surface area contributed by atoms with E-state index >= 15 is 0 Å². The highest BCUT2D eigenvalue weighted by molar-refractivity contribution is 7.18. The van der Waals surface area contributed by atoms with E-state index in [2.05, 4.69) is 21.9 Å². The fourth-order valence-electron chi connectivity index (χ4n) is 3.33. The Balaban J connectivity index is 1.67. The number of thiazole rings is 1. The van der Waals surface area contributed by atoms with Crippen molar-refractivity contribution in [2.75, 3.05) is 0 Å². The maximum Gasteiger partial charge on any atom is 0.267 e. The normalized spacial score (nSPS) is 10.9. The van der Waals surface area contributed by atoms with Gasteiger partial charge in [0, 0.05) is 24.2 Å². The predicted molar refractivity (Wildman–Crippen MR) is 119 cm³/mol. The molecule has 0 saturated carbocycles. The molecule has 0 aliphatic rings. The number of carbonyl (C=O) groups excluding carboxylic acids is 1. The molecule has 3 aromatic heterocycles. The number of aromatic nitrogens is 3. The van der Waals surface area contributed by atoms with Crippen LogP contribution in [0.3, 0.4) is 0 Å². The van der Waals surface area contributed by atoms with Crippen LogP contribution in [-0.4, -0.2) is 20.9 Å². The molecule has 0 aliphatic heterocycles. The van der Waals surface area contributed by atoms with Crippen molar-refractivity contribution in [3.05, 3.63) is 54.1 Å². The van der Waals surface area contributed by atoms with Gasteiger partial charge in [0.15, 0.2) is 0 Å². The van der Waals surface area contributed by atoms with Gasteiger partial charge in [0.1, 0.15) is 10.7 Å². The SMILES string of the molecule is CCCCCCCCCc1ccc(-c2cnc(-c3cccnc3)s2)nc1C(N)=O. The van der Waals surface area contributed by atoms with Crippen LogP contribution in [0.15, 0.2) is 42.9 Å². The number of nitrogens with zero attached hydrogens (tertiary/aromatic N) is 3. The molecule has 6 heteroatoms. The van der Waals surface area contributed by atoms with E-state index in [4.69, 9.17) is 5.73 Å². The first-order valence-corrected chi connectivity index (χ1v) is 11.2. The van der Waals surface area contributed by atoms with Crippen molar-refractivity contribution in [3.63, 3.8) is 0 Å². The second-order valence-corrected chi connectivity index (χ2v) is 8.24. The van der Waals surface area contributed by atoms with Crippen molar-refractivity contribution in [2.24, 2.45) is 5.73 Å². The predicted octanol–water partition coefficient (Wildman–Crippen LogP) is 5.66. The number of amides is 1. The van der Waals surface area contributed by atoms with Crippen molar-refractivity contribution >= 4 is 17.2 Å². The minimum atomic E-state index is -0.471. The molecule has 0 atom stereocenters. The smallest absolute Gasteiger partial charge is 0.267 e. The second kappa shape index (κ2) is 10.8. The number of hydrogen-bond donors (Lipinski definition) is 1. The number of nitrogens with two attached hydrogens (primary N) is 1. The summed E-state index contributed by atoms with van der Waals surface area (Å²) >= 11 is 1.53. The lowest BCUT2D eigenvalue weighted by molar-refractivity contribution is 0.0994.